The Morgan fingerprint density at radius 2 is 1.58 bits per heavy atom. The van der Waals surface area contributed by atoms with Gasteiger partial charge in [-0.25, -0.2) is 4.98 Å². The Morgan fingerprint density at radius 1 is 0.846 bits per heavy atom. The molecule has 0 unspecified atom stereocenters. The standard InChI is InChI=1S/C24H25NO/c1-14(2)8-19-13-21-20-12-15(3)6-7-22(20)25-23(24(21)26-19)18-10-16(4)9-17(5)11-18/h6-7,9-14H,8H2,1-5H3. The number of benzene rings is 2. The van der Waals surface area contributed by atoms with Crippen molar-refractivity contribution >= 4 is 21.9 Å². The van der Waals surface area contributed by atoms with Gasteiger partial charge in [0.2, 0.25) is 0 Å². The quantitative estimate of drug-likeness (QED) is 0.410. The first kappa shape index (κ1) is 16.8. The van der Waals surface area contributed by atoms with Crippen molar-refractivity contribution in [1.29, 1.82) is 0 Å². The third-order valence-electron chi connectivity index (χ3n) is 4.78. The highest BCUT2D eigenvalue weighted by Crippen LogP contribution is 2.36. The third-order valence-corrected chi connectivity index (χ3v) is 4.78. The molecule has 0 spiro atoms. The van der Waals surface area contributed by atoms with Gasteiger partial charge in [-0.1, -0.05) is 42.7 Å². The summed E-state index contributed by atoms with van der Waals surface area (Å²) in [6.45, 7) is 10.8. The summed E-state index contributed by atoms with van der Waals surface area (Å²) < 4.78 is 6.33. The fraction of sp³-hybridized carbons (Fsp3) is 0.292. The molecule has 2 nitrogen and oxygen atoms in total. The van der Waals surface area contributed by atoms with E-state index in [4.69, 9.17) is 9.40 Å². The van der Waals surface area contributed by atoms with Crippen LogP contribution in [0.5, 0.6) is 0 Å². The van der Waals surface area contributed by atoms with Crippen LogP contribution >= 0.6 is 0 Å². The Hall–Kier alpha value is -2.61. The molecule has 0 aliphatic carbocycles. The summed E-state index contributed by atoms with van der Waals surface area (Å²) in [5.74, 6) is 1.60. The molecule has 0 fully saturated rings. The number of hydrogen-bond acceptors (Lipinski definition) is 2. The normalized spacial score (nSPS) is 11.8. The van der Waals surface area contributed by atoms with Gasteiger partial charge in [0.15, 0.2) is 5.58 Å². The maximum absolute atomic E-state index is 6.33. The Balaban J connectivity index is 2.07. The third kappa shape index (κ3) is 3.01. The summed E-state index contributed by atoms with van der Waals surface area (Å²) in [6, 6.07) is 15.2. The van der Waals surface area contributed by atoms with Crippen LogP contribution in [0.2, 0.25) is 0 Å². The summed E-state index contributed by atoms with van der Waals surface area (Å²) in [4.78, 5) is 5.00. The van der Waals surface area contributed by atoms with Gasteiger partial charge in [-0.2, -0.15) is 0 Å². The van der Waals surface area contributed by atoms with Crippen molar-refractivity contribution < 1.29 is 4.42 Å². The van der Waals surface area contributed by atoms with Crippen LogP contribution in [-0.2, 0) is 6.42 Å². The predicted molar refractivity (Wildman–Crippen MR) is 110 cm³/mol. The first-order valence-electron chi connectivity index (χ1n) is 9.32. The molecule has 0 aliphatic rings. The van der Waals surface area contributed by atoms with Crippen LogP contribution in [0.15, 0.2) is 46.9 Å². The molecular formula is C24H25NO. The van der Waals surface area contributed by atoms with Gasteiger partial charge in [0.25, 0.3) is 0 Å². The molecule has 0 radical (unpaired) electrons. The van der Waals surface area contributed by atoms with E-state index >= 15 is 0 Å². The van der Waals surface area contributed by atoms with E-state index in [1.165, 1.54) is 27.5 Å². The lowest BCUT2D eigenvalue weighted by Crippen LogP contribution is -1.91. The molecule has 132 valence electrons. The van der Waals surface area contributed by atoms with Crippen molar-refractivity contribution in [3.63, 3.8) is 0 Å². The smallest absolute Gasteiger partial charge is 0.161 e. The van der Waals surface area contributed by atoms with E-state index in [-0.39, 0.29) is 0 Å². The molecule has 0 aliphatic heterocycles. The van der Waals surface area contributed by atoms with Gasteiger partial charge in [-0.15, -0.1) is 0 Å². The van der Waals surface area contributed by atoms with Crippen LogP contribution in [0.25, 0.3) is 33.1 Å². The zero-order valence-electron chi connectivity index (χ0n) is 16.2. The SMILES string of the molecule is Cc1cc(C)cc(-c2nc3ccc(C)cc3c3cc(CC(C)C)oc23)c1. The van der Waals surface area contributed by atoms with Crippen LogP contribution in [0.4, 0.5) is 0 Å². The summed E-state index contributed by atoms with van der Waals surface area (Å²) in [6.07, 6.45) is 0.939. The largest absolute Gasteiger partial charge is 0.459 e. The number of aromatic nitrogens is 1. The monoisotopic (exact) mass is 343 g/mol. The molecule has 4 aromatic rings. The van der Waals surface area contributed by atoms with E-state index in [9.17, 15) is 0 Å². The number of aryl methyl sites for hydroxylation is 3. The van der Waals surface area contributed by atoms with Crippen molar-refractivity contribution in [2.45, 2.75) is 41.0 Å². The molecule has 0 saturated carbocycles. The van der Waals surface area contributed by atoms with Crippen molar-refractivity contribution in [2.24, 2.45) is 5.92 Å². The van der Waals surface area contributed by atoms with Gasteiger partial charge in [-0.05, 0) is 57.0 Å². The van der Waals surface area contributed by atoms with Crippen molar-refractivity contribution in [3.8, 4) is 11.3 Å². The summed E-state index contributed by atoms with van der Waals surface area (Å²) in [5.41, 5.74) is 7.73. The van der Waals surface area contributed by atoms with Crippen LogP contribution < -0.4 is 0 Å². The average molecular weight is 343 g/mol. The fourth-order valence-electron chi connectivity index (χ4n) is 3.76. The number of nitrogens with zero attached hydrogens (tertiary/aromatic N) is 1. The molecule has 2 aromatic heterocycles. The Bertz CT molecular complexity index is 1100. The Morgan fingerprint density at radius 3 is 2.27 bits per heavy atom. The molecule has 0 amide bonds. The molecule has 0 bridgehead atoms. The van der Waals surface area contributed by atoms with E-state index in [2.05, 4.69) is 77.1 Å². The lowest BCUT2D eigenvalue weighted by Gasteiger charge is -2.08. The summed E-state index contributed by atoms with van der Waals surface area (Å²) in [7, 11) is 0. The van der Waals surface area contributed by atoms with Crippen LogP contribution in [-0.4, -0.2) is 4.98 Å². The van der Waals surface area contributed by atoms with Crippen LogP contribution in [0.1, 0.15) is 36.3 Å². The zero-order chi connectivity index (χ0) is 18.4. The average Bonchev–Trinajstić information content (AvgIpc) is 2.96. The maximum Gasteiger partial charge on any atom is 0.161 e. The van der Waals surface area contributed by atoms with Gasteiger partial charge < -0.3 is 4.42 Å². The van der Waals surface area contributed by atoms with E-state index in [0.717, 1.165) is 34.5 Å². The second kappa shape index (κ2) is 6.28. The summed E-state index contributed by atoms with van der Waals surface area (Å²) in [5, 5.41) is 2.34. The molecule has 2 aromatic carbocycles. The highest BCUT2D eigenvalue weighted by atomic mass is 16.3. The lowest BCUT2D eigenvalue weighted by atomic mass is 10.0. The minimum atomic E-state index is 0.557. The molecule has 2 heterocycles. The second-order valence-corrected chi connectivity index (χ2v) is 7.91. The Labute approximate surface area is 154 Å². The molecule has 0 atom stereocenters. The molecule has 4 rings (SSSR count). The number of rotatable bonds is 3. The zero-order valence-corrected chi connectivity index (χ0v) is 16.2. The van der Waals surface area contributed by atoms with Crippen molar-refractivity contribution in [3.05, 3.63) is 64.9 Å². The highest BCUT2D eigenvalue weighted by Gasteiger charge is 2.16. The lowest BCUT2D eigenvalue weighted by molar-refractivity contribution is 0.500. The van der Waals surface area contributed by atoms with Crippen LogP contribution in [0, 0.1) is 26.7 Å². The number of pyridine rings is 1. The summed E-state index contributed by atoms with van der Waals surface area (Å²) >= 11 is 0. The maximum atomic E-state index is 6.33. The molecule has 26 heavy (non-hydrogen) atoms. The van der Waals surface area contributed by atoms with Crippen LogP contribution in [0.3, 0.4) is 0 Å². The van der Waals surface area contributed by atoms with Gasteiger partial charge in [-0.3, -0.25) is 0 Å². The minimum Gasteiger partial charge on any atom is -0.459 e. The van der Waals surface area contributed by atoms with E-state index < -0.39 is 0 Å². The highest BCUT2D eigenvalue weighted by molar-refractivity contribution is 6.09. The number of hydrogen-bond donors (Lipinski definition) is 0. The van der Waals surface area contributed by atoms with Gasteiger partial charge in [0, 0.05) is 22.8 Å². The Kier molecular flexibility index (Phi) is 4.07. The van der Waals surface area contributed by atoms with E-state index in [0.29, 0.717) is 5.92 Å². The first-order chi connectivity index (χ1) is 12.4. The predicted octanol–water partition coefficient (Wildman–Crippen LogP) is 6.77. The molecule has 0 N–H and O–H groups in total. The van der Waals surface area contributed by atoms with E-state index in [1.54, 1.807) is 0 Å². The number of fused-ring (bicyclic) bond motifs is 3. The van der Waals surface area contributed by atoms with E-state index in [1.807, 2.05) is 0 Å². The van der Waals surface area contributed by atoms with Gasteiger partial charge in [0.05, 0.1) is 5.52 Å². The molecule has 2 heteroatoms. The van der Waals surface area contributed by atoms with Gasteiger partial charge in [0.1, 0.15) is 11.5 Å². The topological polar surface area (TPSA) is 26.0 Å². The van der Waals surface area contributed by atoms with Gasteiger partial charge >= 0.3 is 0 Å². The van der Waals surface area contributed by atoms with Crippen molar-refractivity contribution in [1.82, 2.24) is 4.98 Å². The fourth-order valence-corrected chi connectivity index (χ4v) is 3.76. The number of furan rings is 1. The second-order valence-electron chi connectivity index (χ2n) is 7.91. The molecule has 0 saturated heterocycles. The molecular weight excluding hydrogens is 318 g/mol. The van der Waals surface area contributed by atoms with Crippen molar-refractivity contribution in [2.75, 3.05) is 0 Å². The minimum absolute atomic E-state index is 0.557. The first-order valence-corrected chi connectivity index (χ1v) is 9.32.